The van der Waals surface area contributed by atoms with E-state index in [0.29, 0.717) is 12.1 Å². The molecule has 0 radical (unpaired) electrons. The zero-order valence-corrected chi connectivity index (χ0v) is 15.9. The highest BCUT2D eigenvalue weighted by Gasteiger charge is 2.08. The number of pyridine rings is 1. The second kappa shape index (κ2) is 8.82. The topological polar surface area (TPSA) is 61.2 Å². The lowest BCUT2D eigenvalue weighted by molar-refractivity contribution is 0.0490. The molecule has 3 aromatic rings. The Labute approximate surface area is 159 Å². The van der Waals surface area contributed by atoms with Crippen molar-refractivity contribution in [2.24, 2.45) is 0 Å². The molecule has 1 aromatic carbocycles. The van der Waals surface area contributed by atoms with E-state index in [1.165, 1.54) is 10.6 Å². The quantitative estimate of drug-likeness (QED) is 0.457. The molecule has 0 atom stereocenters. The Bertz CT molecular complexity index is 932. The van der Waals surface area contributed by atoms with Crippen LogP contribution in [-0.4, -0.2) is 22.1 Å². The molecule has 0 N–H and O–H groups in total. The molecule has 7 heteroatoms. The molecule has 0 aliphatic carbocycles. The van der Waals surface area contributed by atoms with E-state index in [2.05, 4.69) is 4.98 Å². The van der Waals surface area contributed by atoms with Crippen molar-refractivity contribution in [3.63, 3.8) is 0 Å². The van der Waals surface area contributed by atoms with Crippen LogP contribution in [-0.2, 0) is 17.0 Å². The van der Waals surface area contributed by atoms with E-state index in [4.69, 9.17) is 4.74 Å². The summed E-state index contributed by atoms with van der Waals surface area (Å²) in [6.45, 7) is 2.48. The molecule has 26 heavy (non-hydrogen) atoms. The molecule has 2 aromatic heterocycles. The molecule has 134 valence electrons. The molecular weight excluding hydrogens is 368 g/mol. The fraction of sp³-hybridized carbons (Fsp3) is 0.211. The number of aryl methyl sites for hydroxylation is 1. The number of carbonyl (C=O) groups is 1. The third-order valence-electron chi connectivity index (χ3n) is 3.61. The minimum atomic E-state index is -0.385. The van der Waals surface area contributed by atoms with Crippen LogP contribution in [0.2, 0.25) is 0 Å². The van der Waals surface area contributed by atoms with Crippen LogP contribution in [0.1, 0.15) is 21.6 Å². The van der Waals surface area contributed by atoms with Crippen molar-refractivity contribution in [3.05, 3.63) is 81.2 Å². The molecule has 0 spiro atoms. The molecule has 0 saturated heterocycles. The number of thiazole rings is 1. The zero-order valence-electron chi connectivity index (χ0n) is 14.3. The molecule has 2 heterocycles. The van der Waals surface area contributed by atoms with Gasteiger partial charge in [0.05, 0.1) is 12.1 Å². The number of benzene rings is 1. The van der Waals surface area contributed by atoms with Gasteiger partial charge in [0.2, 0.25) is 0 Å². The summed E-state index contributed by atoms with van der Waals surface area (Å²) in [6.07, 6.45) is 1.67. The van der Waals surface area contributed by atoms with Gasteiger partial charge in [0.25, 0.3) is 5.56 Å². The maximum atomic E-state index is 12.1. The number of hydrogen-bond acceptors (Lipinski definition) is 6. The van der Waals surface area contributed by atoms with E-state index in [1.54, 1.807) is 53.6 Å². The van der Waals surface area contributed by atoms with Gasteiger partial charge in [0.15, 0.2) is 0 Å². The van der Waals surface area contributed by atoms with Gasteiger partial charge in [-0.05, 0) is 30.7 Å². The normalized spacial score (nSPS) is 10.7. The summed E-state index contributed by atoms with van der Waals surface area (Å²) in [5.41, 5.74) is 2.55. The second-order valence-corrected chi connectivity index (χ2v) is 7.69. The van der Waals surface area contributed by atoms with Crippen LogP contribution in [0.4, 0.5) is 0 Å². The van der Waals surface area contributed by atoms with Gasteiger partial charge in [-0.25, -0.2) is 9.78 Å². The van der Waals surface area contributed by atoms with Gasteiger partial charge in [-0.1, -0.05) is 30.0 Å². The van der Waals surface area contributed by atoms with Crippen molar-refractivity contribution >= 4 is 29.1 Å². The van der Waals surface area contributed by atoms with Crippen molar-refractivity contribution in [1.29, 1.82) is 0 Å². The van der Waals surface area contributed by atoms with Crippen molar-refractivity contribution in [2.75, 3.05) is 6.61 Å². The SMILES string of the molecule is Cc1csc(SCc2ccc(C(=O)OCCn3ccccc3=O)cc2)n1. The fourth-order valence-electron chi connectivity index (χ4n) is 2.25. The largest absolute Gasteiger partial charge is 0.460 e. The highest BCUT2D eigenvalue weighted by molar-refractivity contribution is 8.00. The second-order valence-electron chi connectivity index (χ2n) is 5.61. The third-order valence-corrected chi connectivity index (χ3v) is 5.82. The molecule has 0 aliphatic rings. The fourth-order valence-corrected chi connectivity index (χ4v) is 4.05. The zero-order chi connectivity index (χ0) is 18.4. The molecule has 0 saturated carbocycles. The summed E-state index contributed by atoms with van der Waals surface area (Å²) in [4.78, 5) is 28.1. The average molecular weight is 386 g/mol. The predicted molar refractivity (Wildman–Crippen MR) is 104 cm³/mol. The molecule has 0 bridgehead atoms. The molecule has 5 nitrogen and oxygen atoms in total. The lowest BCUT2D eigenvalue weighted by atomic mass is 10.1. The van der Waals surface area contributed by atoms with Gasteiger partial charge >= 0.3 is 5.97 Å². The van der Waals surface area contributed by atoms with E-state index in [9.17, 15) is 9.59 Å². The Hall–Kier alpha value is -2.38. The van der Waals surface area contributed by atoms with E-state index in [-0.39, 0.29) is 18.1 Å². The Morgan fingerprint density at radius 2 is 2.04 bits per heavy atom. The van der Waals surface area contributed by atoms with Crippen molar-refractivity contribution < 1.29 is 9.53 Å². The number of rotatable bonds is 7. The first-order valence-corrected chi connectivity index (χ1v) is 9.95. The standard InChI is InChI=1S/C19H18N2O3S2/c1-14-12-25-19(20-14)26-13-15-5-7-16(8-6-15)18(23)24-11-10-21-9-3-2-4-17(21)22/h2-9,12H,10-11,13H2,1H3. The van der Waals surface area contributed by atoms with Crippen molar-refractivity contribution in [3.8, 4) is 0 Å². The highest BCUT2D eigenvalue weighted by Crippen LogP contribution is 2.26. The van der Waals surface area contributed by atoms with Gasteiger partial charge in [-0.3, -0.25) is 4.79 Å². The Morgan fingerprint density at radius 1 is 1.23 bits per heavy atom. The van der Waals surface area contributed by atoms with Crippen LogP contribution in [0, 0.1) is 6.92 Å². The first-order valence-electron chi connectivity index (χ1n) is 8.08. The number of carbonyl (C=O) groups excluding carboxylic acids is 1. The molecule has 0 fully saturated rings. The van der Waals surface area contributed by atoms with Crippen LogP contribution in [0.5, 0.6) is 0 Å². The molecule has 0 aliphatic heterocycles. The van der Waals surface area contributed by atoms with Crippen molar-refractivity contribution in [1.82, 2.24) is 9.55 Å². The predicted octanol–water partition coefficient (Wildman–Crippen LogP) is 3.76. The number of hydrogen-bond donors (Lipinski definition) is 0. The highest BCUT2D eigenvalue weighted by atomic mass is 32.2. The van der Waals surface area contributed by atoms with E-state index < -0.39 is 0 Å². The van der Waals surface area contributed by atoms with Gasteiger partial charge in [0, 0.05) is 29.1 Å². The van der Waals surface area contributed by atoms with E-state index in [1.807, 2.05) is 24.4 Å². The van der Waals surface area contributed by atoms with Gasteiger partial charge in [0.1, 0.15) is 10.9 Å². The minimum absolute atomic E-state index is 0.110. The smallest absolute Gasteiger partial charge is 0.338 e. The van der Waals surface area contributed by atoms with Crippen LogP contribution in [0.25, 0.3) is 0 Å². The van der Waals surface area contributed by atoms with E-state index >= 15 is 0 Å². The lowest BCUT2D eigenvalue weighted by Gasteiger charge is -2.07. The summed E-state index contributed by atoms with van der Waals surface area (Å²) in [6, 6.07) is 12.3. The number of nitrogens with zero attached hydrogens (tertiary/aromatic N) is 2. The van der Waals surface area contributed by atoms with Crippen LogP contribution >= 0.6 is 23.1 Å². The third kappa shape index (κ3) is 5.06. The van der Waals surface area contributed by atoms with Gasteiger partial charge in [-0.2, -0.15) is 0 Å². The molecular formula is C19H18N2O3S2. The minimum Gasteiger partial charge on any atom is -0.460 e. The summed E-state index contributed by atoms with van der Waals surface area (Å²) < 4.78 is 7.80. The summed E-state index contributed by atoms with van der Waals surface area (Å²) >= 11 is 3.32. The Balaban J connectivity index is 1.48. The first-order chi connectivity index (χ1) is 12.6. The van der Waals surface area contributed by atoms with Crippen LogP contribution in [0.15, 0.2) is 63.2 Å². The number of ether oxygens (including phenoxy) is 1. The summed E-state index contributed by atoms with van der Waals surface area (Å²) in [5, 5.41) is 2.03. The van der Waals surface area contributed by atoms with Crippen LogP contribution in [0.3, 0.4) is 0 Å². The monoisotopic (exact) mass is 386 g/mol. The summed E-state index contributed by atoms with van der Waals surface area (Å²) in [5.74, 6) is 0.419. The van der Waals surface area contributed by atoms with Crippen molar-refractivity contribution in [2.45, 2.75) is 23.6 Å². The molecule has 3 rings (SSSR count). The number of esters is 1. The van der Waals surface area contributed by atoms with Gasteiger partial charge < -0.3 is 9.30 Å². The molecule has 0 unspecified atom stereocenters. The number of thioether (sulfide) groups is 1. The lowest BCUT2D eigenvalue weighted by Crippen LogP contribution is -2.21. The van der Waals surface area contributed by atoms with Gasteiger partial charge in [-0.15, -0.1) is 11.3 Å². The Morgan fingerprint density at radius 3 is 2.73 bits per heavy atom. The van der Waals surface area contributed by atoms with Crippen LogP contribution < -0.4 is 5.56 Å². The number of aromatic nitrogens is 2. The molecule has 0 amide bonds. The maximum Gasteiger partial charge on any atom is 0.338 e. The maximum absolute atomic E-state index is 12.1. The first kappa shape index (κ1) is 18.4. The van der Waals surface area contributed by atoms with E-state index in [0.717, 1.165) is 21.3 Å². The Kier molecular flexibility index (Phi) is 6.25. The average Bonchev–Trinajstić information content (AvgIpc) is 3.07. The summed E-state index contributed by atoms with van der Waals surface area (Å²) in [7, 11) is 0.